The Labute approximate surface area is 87.2 Å². The molecule has 0 aromatic carbocycles. The van der Waals surface area contributed by atoms with Gasteiger partial charge in [-0.1, -0.05) is 0 Å². The van der Waals surface area contributed by atoms with E-state index in [0.717, 1.165) is 11.6 Å². The van der Waals surface area contributed by atoms with Gasteiger partial charge in [-0.05, 0) is 25.7 Å². The van der Waals surface area contributed by atoms with Gasteiger partial charge < -0.3 is 29.7 Å². The maximum absolute atomic E-state index is 5.57. The van der Waals surface area contributed by atoms with Gasteiger partial charge in [0.05, 0.1) is 5.69 Å². The Morgan fingerprint density at radius 1 is 1.27 bits per heavy atom. The topological polar surface area (TPSA) is 38.9 Å². The quantitative estimate of drug-likeness (QED) is 0.595. The molecule has 0 saturated carbocycles. The number of rotatable bonds is 0. The number of fused-ring (bicyclic) bond motifs is 1. The molecular weight excluding hydrogens is 271 g/mol. The number of nitrogen functional groups attached to an aromatic ring is 1. The zero-order chi connectivity index (χ0) is 6.97. The van der Waals surface area contributed by atoms with Crippen molar-refractivity contribution in [2.24, 2.45) is 0 Å². The second kappa shape index (κ2) is 3.71. The first kappa shape index (κ1) is 9.25. The molecule has 0 amide bonds. The van der Waals surface area contributed by atoms with E-state index >= 15 is 0 Å². The normalized spacial score (nSPS) is 15.3. The van der Waals surface area contributed by atoms with Crippen LogP contribution in [-0.4, -0.2) is 4.98 Å². The highest BCUT2D eigenvalue weighted by Crippen LogP contribution is 2.27. The van der Waals surface area contributed by atoms with E-state index in [2.05, 4.69) is 4.98 Å². The van der Waals surface area contributed by atoms with E-state index in [9.17, 15) is 0 Å². The van der Waals surface area contributed by atoms with Gasteiger partial charge in [-0.2, -0.15) is 0 Å². The Bertz CT molecular complexity index is 223. The van der Waals surface area contributed by atoms with Crippen LogP contribution in [0, 0.1) is 0 Å². The van der Waals surface area contributed by atoms with Crippen LogP contribution in [0.2, 0.25) is 0 Å². The van der Waals surface area contributed by atoms with E-state index < -0.39 is 0 Å². The number of aryl methyl sites for hydroxylation is 2. The van der Waals surface area contributed by atoms with Crippen molar-refractivity contribution < 1.29 is 24.0 Å². The Kier molecular flexibility index (Phi) is 3.12. The molecule has 1 aromatic heterocycles. The third kappa shape index (κ3) is 1.84. The summed E-state index contributed by atoms with van der Waals surface area (Å²) in [6.07, 6.45) is 4.94. The first-order valence-electron chi connectivity index (χ1n) is 3.60. The lowest BCUT2D eigenvalue weighted by molar-refractivity contribution is -0.00000211. The predicted molar refractivity (Wildman–Crippen MR) is 43.2 cm³/mol. The molecule has 0 atom stereocenters. The lowest BCUT2D eigenvalue weighted by Crippen LogP contribution is -3.00. The molecular formula is C7H10IN2S-. The molecule has 0 radical (unpaired) electrons. The van der Waals surface area contributed by atoms with Crippen molar-refractivity contribution in [1.82, 2.24) is 4.98 Å². The number of nitrogens with two attached hydrogens (primary N) is 1. The SMILES string of the molecule is Nc1nc2c(s1)CCCC2.[I-]. The first-order chi connectivity index (χ1) is 4.86. The molecule has 2 nitrogen and oxygen atoms in total. The molecule has 0 saturated heterocycles. The Morgan fingerprint density at radius 2 is 2.00 bits per heavy atom. The maximum atomic E-state index is 5.57. The number of hydrogen-bond donors (Lipinski definition) is 1. The third-order valence-electron chi connectivity index (χ3n) is 1.86. The molecule has 4 heteroatoms. The largest absolute Gasteiger partial charge is 1.00 e. The molecule has 11 heavy (non-hydrogen) atoms. The van der Waals surface area contributed by atoms with Gasteiger partial charge >= 0.3 is 0 Å². The van der Waals surface area contributed by atoms with Crippen LogP contribution in [0.1, 0.15) is 23.4 Å². The van der Waals surface area contributed by atoms with Crippen molar-refractivity contribution in [1.29, 1.82) is 0 Å². The molecule has 2 N–H and O–H groups in total. The number of nitrogens with zero attached hydrogens (tertiary/aromatic N) is 1. The van der Waals surface area contributed by atoms with Crippen molar-refractivity contribution in [3.63, 3.8) is 0 Å². The Hall–Kier alpha value is 0.160. The molecule has 2 rings (SSSR count). The minimum absolute atomic E-state index is 0. The smallest absolute Gasteiger partial charge is 0.180 e. The molecule has 1 aromatic rings. The lowest BCUT2D eigenvalue weighted by atomic mass is 10.0. The Morgan fingerprint density at radius 3 is 2.73 bits per heavy atom. The van der Waals surface area contributed by atoms with E-state index in [1.165, 1.54) is 29.8 Å². The lowest BCUT2D eigenvalue weighted by Gasteiger charge is -2.06. The molecule has 0 unspecified atom stereocenters. The van der Waals surface area contributed by atoms with Crippen LogP contribution < -0.4 is 29.7 Å². The second-order valence-electron chi connectivity index (χ2n) is 2.63. The van der Waals surface area contributed by atoms with Crippen molar-refractivity contribution in [2.45, 2.75) is 25.7 Å². The van der Waals surface area contributed by atoms with Gasteiger partial charge in [-0.15, -0.1) is 11.3 Å². The highest BCUT2D eigenvalue weighted by atomic mass is 127. The van der Waals surface area contributed by atoms with Crippen LogP contribution in [0.5, 0.6) is 0 Å². The fourth-order valence-corrected chi connectivity index (χ4v) is 2.29. The summed E-state index contributed by atoms with van der Waals surface area (Å²) in [4.78, 5) is 5.67. The number of thiazole rings is 1. The van der Waals surface area contributed by atoms with Crippen molar-refractivity contribution >= 4 is 16.5 Å². The molecule has 1 heterocycles. The summed E-state index contributed by atoms with van der Waals surface area (Å²) in [5.74, 6) is 0. The average molecular weight is 281 g/mol. The summed E-state index contributed by atoms with van der Waals surface area (Å²) in [6, 6.07) is 0. The maximum Gasteiger partial charge on any atom is 0.180 e. The van der Waals surface area contributed by atoms with Gasteiger partial charge in [0.1, 0.15) is 0 Å². The fourth-order valence-electron chi connectivity index (χ4n) is 1.37. The van der Waals surface area contributed by atoms with Gasteiger partial charge in [0.25, 0.3) is 0 Å². The minimum Gasteiger partial charge on any atom is -1.00 e. The van der Waals surface area contributed by atoms with E-state index in [4.69, 9.17) is 5.73 Å². The standard InChI is InChI=1S/C7H10N2S.HI/c8-7-9-5-3-1-2-4-6(5)10-7;/h1-4H2,(H2,8,9);1H/p-1. The molecule has 0 bridgehead atoms. The predicted octanol–water partition coefficient (Wildman–Crippen LogP) is -1.39. The van der Waals surface area contributed by atoms with E-state index in [0.29, 0.717) is 0 Å². The molecule has 0 spiro atoms. The van der Waals surface area contributed by atoms with Crippen molar-refractivity contribution in [3.05, 3.63) is 10.6 Å². The van der Waals surface area contributed by atoms with Crippen LogP contribution in [-0.2, 0) is 12.8 Å². The molecule has 62 valence electrons. The Balaban J connectivity index is 0.000000605. The molecule has 0 fully saturated rings. The van der Waals surface area contributed by atoms with Gasteiger partial charge in [-0.25, -0.2) is 4.98 Å². The van der Waals surface area contributed by atoms with E-state index in [-0.39, 0.29) is 24.0 Å². The average Bonchev–Trinajstić information content (AvgIpc) is 2.27. The van der Waals surface area contributed by atoms with Crippen LogP contribution in [0.3, 0.4) is 0 Å². The van der Waals surface area contributed by atoms with Gasteiger partial charge in [0.15, 0.2) is 5.13 Å². The highest BCUT2D eigenvalue weighted by molar-refractivity contribution is 7.15. The summed E-state index contributed by atoms with van der Waals surface area (Å²) in [6.45, 7) is 0. The number of anilines is 1. The highest BCUT2D eigenvalue weighted by Gasteiger charge is 2.12. The summed E-state index contributed by atoms with van der Waals surface area (Å²) in [7, 11) is 0. The van der Waals surface area contributed by atoms with Gasteiger partial charge in [0, 0.05) is 4.88 Å². The number of hydrogen-bond acceptors (Lipinski definition) is 3. The van der Waals surface area contributed by atoms with E-state index in [1.54, 1.807) is 11.3 Å². The fraction of sp³-hybridized carbons (Fsp3) is 0.571. The molecule has 1 aliphatic carbocycles. The van der Waals surface area contributed by atoms with Crippen LogP contribution in [0.25, 0.3) is 0 Å². The second-order valence-corrected chi connectivity index (χ2v) is 3.74. The summed E-state index contributed by atoms with van der Waals surface area (Å²) in [5, 5.41) is 0.743. The van der Waals surface area contributed by atoms with Crippen molar-refractivity contribution in [3.8, 4) is 0 Å². The number of halogens is 1. The minimum atomic E-state index is 0. The summed E-state index contributed by atoms with van der Waals surface area (Å²) < 4.78 is 0. The first-order valence-corrected chi connectivity index (χ1v) is 4.42. The van der Waals surface area contributed by atoms with Crippen LogP contribution >= 0.6 is 11.3 Å². The van der Waals surface area contributed by atoms with E-state index in [1.807, 2.05) is 0 Å². The molecule has 0 aliphatic heterocycles. The third-order valence-corrected chi connectivity index (χ3v) is 2.85. The monoisotopic (exact) mass is 281 g/mol. The summed E-state index contributed by atoms with van der Waals surface area (Å²) in [5.41, 5.74) is 6.82. The van der Waals surface area contributed by atoms with Crippen LogP contribution in [0.15, 0.2) is 0 Å². The van der Waals surface area contributed by atoms with Crippen molar-refractivity contribution in [2.75, 3.05) is 5.73 Å². The van der Waals surface area contributed by atoms with Gasteiger partial charge in [0.2, 0.25) is 0 Å². The van der Waals surface area contributed by atoms with Crippen LogP contribution in [0.4, 0.5) is 5.13 Å². The summed E-state index contributed by atoms with van der Waals surface area (Å²) >= 11 is 1.66. The van der Waals surface area contributed by atoms with Gasteiger partial charge in [-0.3, -0.25) is 0 Å². The zero-order valence-corrected chi connectivity index (χ0v) is 9.11. The zero-order valence-electron chi connectivity index (χ0n) is 6.14. The molecule has 1 aliphatic rings. The number of aromatic nitrogens is 1.